The monoisotopic (exact) mass is 264 g/mol. The van der Waals surface area contributed by atoms with Crippen LogP contribution in [0.3, 0.4) is 0 Å². The maximum atomic E-state index is 11.7. The largest absolute Gasteiger partial charge is 0.465 e. The van der Waals surface area contributed by atoms with Gasteiger partial charge in [0.1, 0.15) is 0 Å². The molecule has 0 N–H and O–H groups in total. The predicted octanol–water partition coefficient (Wildman–Crippen LogP) is 3.43. The highest BCUT2D eigenvalue weighted by Gasteiger charge is 2.53. The highest BCUT2D eigenvalue weighted by Crippen LogP contribution is 2.66. The van der Waals surface area contributed by atoms with E-state index in [-0.39, 0.29) is 6.66 Å². The van der Waals surface area contributed by atoms with E-state index >= 15 is 0 Å². The topological polar surface area (TPSA) is 43.4 Å². The van der Waals surface area contributed by atoms with Crippen molar-refractivity contribution in [2.45, 2.75) is 11.8 Å². The zero-order valence-corrected chi connectivity index (χ0v) is 8.33. The Bertz CT molecular complexity index is 279. The molecule has 0 bridgehead atoms. The van der Waals surface area contributed by atoms with Gasteiger partial charge in [-0.15, -0.1) is 0 Å². The predicted molar refractivity (Wildman–Crippen MR) is 35.7 cm³/mol. The Hall–Kier alpha value is -0.0000000000000000555. The molecule has 0 aliphatic heterocycles. The van der Waals surface area contributed by atoms with Crippen molar-refractivity contribution < 1.29 is 39.8 Å². The molecule has 0 aromatic rings. The first-order valence-corrected chi connectivity index (χ1v) is 6.22. The summed E-state index contributed by atoms with van der Waals surface area (Å²) in [6, 6.07) is 0. The van der Waals surface area contributed by atoms with E-state index in [9.17, 15) is 35.5 Å². The van der Waals surface area contributed by atoms with Crippen molar-refractivity contribution in [3.63, 3.8) is 0 Å². The van der Waals surface area contributed by atoms with Crippen LogP contribution in [0.15, 0.2) is 0 Å². The third-order valence-corrected chi connectivity index (χ3v) is 4.39. The lowest BCUT2D eigenvalue weighted by Crippen LogP contribution is -2.10. The second-order valence-corrected chi connectivity index (χ2v) is 6.26. The van der Waals surface area contributed by atoms with Gasteiger partial charge in [-0.1, -0.05) is 0 Å². The molecule has 0 aliphatic rings. The molecule has 2 unspecified atom stereocenters. The SMILES string of the molecule is CP(=O)(O[PH](=O)C(F)(F)F)C(F)(F)F. The summed E-state index contributed by atoms with van der Waals surface area (Å²) in [4.78, 5) is 0. The maximum absolute atomic E-state index is 11.7. The fourth-order valence-corrected chi connectivity index (χ4v) is 2.36. The molecule has 0 fully saturated rings. The second-order valence-electron chi connectivity index (χ2n) is 2.19. The summed E-state index contributed by atoms with van der Waals surface area (Å²) in [5.41, 5.74) is 0. The van der Waals surface area contributed by atoms with Crippen LogP contribution in [-0.2, 0) is 13.4 Å². The fraction of sp³-hybridized carbons (Fsp3) is 1.00. The molecule has 2 atom stereocenters. The first-order valence-electron chi connectivity index (χ1n) is 2.83. The van der Waals surface area contributed by atoms with Gasteiger partial charge in [0.2, 0.25) is 0 Å². The summed E-state index contributed by atoms with van der Waals surface area (Å²) >= 11 is 0. The highest BCUT2D eigenvalue weighted by molar-refractivity contribution is 7.66. The number of hydrogen-bond donors (Lipinski definition) is 0. The quantitative estimate of drug-likeness (QED) is 0.566. The van der Waals surface area contributed by atoms with Gasteiger partial charge in [0, 0.05) is 6.66 Å². The lowest BCUT2D eigenvalue weighted by atomic mass is 11.5. The van der Waals surface area contributed by atoms with Crippen LogP contribution in [0.25, 0.3) is 0 Å². The Morgan fingerprint density at radius 1 is 1.14 bits per heavy atom. The molecule has 0 spiro atoms. The summed E-state index contributed by atoms with van der Waals surface area (Å²) in [7, 11) is -10.5. The number of rotatable bonds is 2. The van der Waals surface area contributed by atoms with Crippen molar-refractivity contribution >= 4 is 15.4 Å². The Labute approximate surface area is 74.7 Å². The van der Waals surface area contributed by atoms with E-state index in [2.05, 4.69) is 4.31 Å². The molecule has 0 radical (unpaired) electrons. The van der Waals surface area contributed by atoms with E-state index in [1.165, 1.54) is 0 Å². The van der Waals surface area contributed by atoms with Crippen LogP contribution < -0.4 is 0 Å². The molecule has 0 heterocycles. The van der Waals surface area contributed by atoms with Gasteiger partial charge in [-0.25, -0.2) is 0 Å². The molecule has 0 rings (SSSR count). The highest BCUT2D eigenvalue weighted by atomic mass is 31.2. The standard InChI is InChI=1S/C3H4F6O3P2/c1-14(11,3(7,8)9)12-13(10)2(4,5)6/h13H,1H3. The third kappa shape index (κ3) is 3.63. The second kappa shape index (κ2) is 3.87. The molecular weight excluding hydrogens is 260 g/mol. The van der Waals surface area contributed by atoms with Crippen LogP contribution in [0.2, 0.25) is 0 Å². The Kier molecular flexibility index (Phi) is 3.87. The molecule has 14 heavy (non-hydrogen) atoms. The van der Waals surface area contributed by atoms with Crippen LogP contribution in [0.1, 0.15) is 0 Å². The Morgan fingerprint density at radius 2 is 1.50 bits per heavy atom. The average molecular weight is 264 g/mol. The molecule has 11 heteroatoms. The minimum Gasteiger partial charge on any atom is -0.286 e. The van der Waals surface area contributed by atoms with Crippen LogP contribution in [0, 0.1) is 0 Å². The minimum absolute atomic E-state index is 0.0681. The van der Waals surface area contributed by atoms with Gasteiger partial charge in [0.05, 0.1) is 0 Å². The molecule has 0 amide bonds. The van der Waals surface area contributed by atoms with E-state index in [4.69, 9.17) is 0 Å². The van der Waals surface area contributed by atoms with Crippen molar-refractivity contribution in [1.29, 1.82) is 0 Å². The zero-order valence-electron chi connectivity index (χ0n) is 6.44. The molecule has 0 aromatic heterocycles. The first-order chi connectivity index (χ1) is 5.88. The minimum atomic E-state index is -5.52. The van der Waals surface area contributed by atoms with Gasteiger partial charge in [-0.2, -0.15) is 26.3 Å². The molecule has 0 saturated heterocycles. The van der Waals surface area contributed by atoms with Crippen LogP contribution in [0.5, 0.6) is 0 Å². The van der Waals surface area contributed by atoms with Crippen molar-refractivity contribution in [1.82, 2.24) is 0 Å². The molecule has 0 aromatic carbocycles. The van der Waals surface area contributed by atoms with Crippen molar-refractivity contribution in [3.8, 4) is 0 Å². The maximum Gasteiger partial charge on any atom is 0.465 e. The lowest BCUT2D eigenvalue weighted by molar-refractivity contribution is -0.0601. The van der Waals surface area contributed by atoms with Gasteiger partial charge in [-0.05, 0) is 0 Å². The molecule has 86 valence electrons. The summed E-state index contributed by atoms with van der Waals surface area (Å²) in [6.45, 7) is -0.0681. The summed E-state index contributed by atoms with van der Waals surface area (Å²) < 4.78 is 93.2. The number of halogens is 6. The van der Waals surface area contributed by atoms with Crippen molar-refractivity contribution in [3.05, 3.63) is 0 Å². The third-order valence-electron chi connectivity index (χ3n) is 0.949. The number of hydrogen-bond acceptors (Lipinski definition) is 3. The molecule has 0 aliphatic carbocycles. The van der Waals surface area contributed by atoms with Gasteiger partial charge in [0.15, 0.2) is 0 Å². The van der Waals surface area contributed by atoms with E-state index in [0.29, 0.717) is 0 Å². The average Bonchev–Trinajstić information content (AvgIpc) is 1.80. The van der Waals surface area contributed by atoms with Gasteiger partial charge in [-0.3, -0.25) is 13.4 Å². The smallest absolute Gasteiger partial charge is 0.286 e. The zero-order chi connectivity index (χ0) is 11.8. The van der Waals surface area contributed by atoms with E-state index < -0.39 is 27.2 Å². The van der Waals surface area contributed by atoms with Crippen molar-refractivity contribution in [2.24, 2.45) is 0 Å². The van der Waals surface area contributed by atoms with Gasteiger partial charge in [0.25, 0.3) is 0 Å². The van der Waals surface area contributed by atoms with E-state index in [1.807, 2.05) is 0 Å². The Balaban J connectivity index is 4.72. The number of alkyl halides is 6. The summed E-state index contributed by atoms with van der Waals surface area (Å²) in [5.74, 6) is -10.9. The molecule has 0 saturated carbocycles. The van der Waals surface area contributed by atoms with E-state index in [0.717, 1.165) is 0 Å². The fourth-order valence-electron chi connectivity index (χ4n) is 0.262. The lowest BCUT2D eigenvalue weighted by Gasteiger charge is -2.16. The van der Waals surface area contributed by atoms with Crippen molar-refractivity contribution in [2.75, 3.05) is 6.66 Å². The van der Waals surface area contributed by atoms with Gasteiger partial charge >= 0.3 is 27.2 Å². The molecular formula is C3H4F6O3P2. The molecule has 3 nitrogen and oxygen atoms in total. The first kappa shape index (κ1) is 14.0. The van der Waals surface area contributed by atoms with Crippen LogP contribution in [0.4, 0.5) is 26.3 Å². The summed E-state index contributed by atoms with van der Waals surface area (Å²) in [5, 5.41) is 0. The Morgan fingerprint density at radius 3 is 1.71 bits per heavy atom. The summed E-state index contributed by atoms with van der Waals surface area (Å²) in [6.07, 6.45) is 0. The van der Waals surface area contributed by atoms with E-state index in [1.54, 1.807) is 0 Å². The van der Waals surface area contributed by atoms with Crippen LogP contribution >= 0.6 is 15.4 Å². The van der Waals surface area contributed by atoms with Crippen LogP contribution in [-0.4, -0.2) is 18.5 Å². The van der Waals surface area contributed by atoms with Gasteiger partial charge < -0.3 is 0 Å². The normalized spacial score (nSPS) is 20.2.